The maximum atomic E-state index is 15.6. The van der Waals surface area contributed by atoms with E-state index in [1.54, 1.807) is 78.9 Å². The largest absolute Gasteiger partial charge is 0.394 e. The first-order chi connectivity index (χ1) is 56.1. The Balaban J connectivity index is 1.00. The van der Waals surface area contributed by atoms with E-state index in [1.807, 2.05) is 76.2 Å². The molecule has 0 radical (unpaired) electrons. The number of ether oxygens (including phenoxy) is 1. The molecule has 6 aromatic rings. The van der Waals surface area contributed by atoms with Crippen LogP contribution in [-0.2, 0) is 96.1 Å². The maximum absolute atomic E-state index is 15.6. The normalized spacial score (nSPS) is 17.2. The van der Waals surface area contributed by atoms with Gasteiger partial charge in [-0.2, -0.15) is 0 Å². The Bertz CT molecular complexity index is 4360. The zero-order valence-corrected chi connectivity index (χ0v) is 67.7. The summed E-state index contributed by atoms with van der Waals surface area (Å²) in [5, 5.41) is 47.5. The number of pyridine rings is 1. The average molecular weight is 1630 g/mol. The molecular weight excluding hydrogens is 1520 g/mol. The van der Waals surface area contributed by atoms with Crippen LogP contribution in [0.4, 0.5) is 10.5 Å². The van der Waals surface area contributed by atoms with Crippen LogP contribution in [0.3, 0.4) is 0 Å². The Hall–Kier alpha value is -11.0. The molecule has 9 rings (SSSR count). The Morgan fingerprint density at radius 3 is 1.59 bits per heavy atom. The summed E-state index contributed by atoms with van der Waals surface area (Å²) >= 11 is 6.28. The number of nitrogens with one attached hydrogen (secondary N) is 12. The van der Waals surface area contributed by atoms with Gasteiger partial charge in [0, 0.05) is 87.4 Å². The highest BCUT2D eigenvalue weighted by Crippen LogP contribution is 2.24. The number of hydrogen-bond donors (Lipinski definition) is 15. The number of likely N-dealkylation sites (tertiary alicyclic amines) is 1. The summed E-state index contributed by atoms with van der Waals surface area (Å²) in [5.74, 6) is -8.63. The Morgan fingerprint density at radius 1 is 0.530 bits per heavy atom. The van der Waals surface area contributed by atoms with Gasteiger partial charge in [-0.25, -0.2) is 4.79 Å². The van der Waals surface area contributed by atoms with Crippen LogP contribution in [0.15, 0.2) is 140 Å². The van der Waals surface area contributed by atoms with Crippen molar-refractivity contribution in [2.45, 2.75) is 197 Å². The minimum absolute atomic E-state index is 0.0349. The zero-order chi connectivity index (χ0) is 84.1. The topological polar surface area (TPSA) is 450 Å². The second-order valence-corrected chi connectivity index (χ2v) is 31.4. The molecule has 3 aliphatic rings. The van der Waals surface area contributed by atoms with Crippen molar-refractivity contribution in [1.82, 2.24) is 73.3 Å². The quantitative estimate of drug-likeness (QED) is 0.0245. The van der Waals surface area contributed by atoms with E-state index in [0.717, 1.165) is 22.8 Å². The van der Waals surface area contributed by atoms with Gasteiger partial charge >= 0.3 is 6.03 Å². The molecule has 3 aliphatic heterocycles. The second kappa shape index (κ2) is 45.0. The molecule has 13 amide bonds. The lowest BCUT2D eigenvalue weighted by Crippen LogP contribution is -2.62. The number of amides is 13. The number of anilines is 1. The fourth-order valence-corrected chi connectivity index (χ4v) is 14.5. The zero-order valence-electron chi connectivity index (χ0n) is 67.0. The van der Waals surface area contributed by atoms with E-state index in [-0.39, 0.29) is 75.8 Å². The number of aliphatic hydroxyl groups is 1. The number of carbonyl (C=O) groups is 12. The lowest BCUT2D eigenvalue weighted by molar-refractivity contribution is -0.142. The molecule has 32 heteroatoms. The Morgan fingerprint density at radius 2 is 1.04 bits per heavy atom. The Labute approximate surface area is 686 Å². The number of nitrogens with zero attached hydrogens (tertiary/aromatic N) is 3. The van der Waals surface area contributed by atoms with Crippen molar-refractivity contribution >= 4 is 99.1 Å². The molecule has 117 heavy (non-hydrogen) atoms. The van der Waals surface area contributed by atoms with Gasteiger partial charge in [0.2, 0.25) is 65.0 Å². The summed E-state index contributed by atoms with van der Waals surface area (Å²) < 4.78 is 5.57. The van der Waals surface area contributed by atoms with Crippen molar-refractivity contribution in [3.63, 3.8) is 0 Å². The van der Waals surface area contributed by atoms with Crippen LogP contribution < -0.4 is 75.3 Å². The number of fused-ring (bicyclic) bond motifs is 1. The van der Waals surface area contributed by atoms with Crippen molar-refractivity contribution in [2.75, 3.05) is 57.9 Å². The molecule has 0 aliphatic carbocycles. The molecule has 1 aromatic heterocycles. The van der Waals surface area contributed by atoms with E-state index in [4.69, 9.17) is 27.8 Å². The number of morpholine rings is 1. The summed E-state index contributed by atoms with van der Waals surface area (Å²) in [6.45, 7) is 12.7. The van der Waals surface area contributed by atoms with Crippen LogP contribution in [0.2, 0.25) is 5.02 Å². The molecule has 11 atom stereocenters. The van der Waals surface area contributed by atoms with Crippen molar-refractivity contribution < 1.29 is 67.4 Å². The van der Waals surface area contributed by atoms with Gasteiger partial charge in [0.05, 0.1) is 25.9 Å². The molecule has 0 spiro atoms. The lowest BCUT2D eigenvalue weighted by Gasteiger charge is -2.31. The van der Waals surface area contributed by atoms with E-state index in [1.165, 1.54) is 24.2 Å². The van der Waals surface area contributed by atoms with Crippen LogP contribution >= 0.6 is 11.6 Å². The molecule has 1 unspecified atom stereocenters. The van der Waals surface area contributed by atoms with Gasteiger partial charge in [-0.1, -0.05) is 136 Å². The maximum Gasteiger partial charge on any atom is 0.312 e. The van der Waals surface area contributed by atoms with E-state index in [0.29, 0.717) is 110 Å². The van der Waals surface area contributed by atoms with Gasteiger partial charge in [0.15, 0.2) is 0 Å². The van der Waals surface area contributed by atoms with Crippen LogP contribution in [0.1, 0.15) is 119 Å². The Kier molecular flexibility index (Phi) is 34.6. The molecule has 3 fully saturated rings. The fraction of sp³-hybridized carbons (Fsp3) is 0.471. The highest BCUT2D eigenvalue weighted by molar-refractivity contribution is 6.30. The molecule has 3 saturated heterocycles. The van der Waals surface area contributed by atoms with Crippen molar-refractivity contribution in [2.24, 2.45) is 17.4 Å². The predicted octanol–water partition coefficient (Wildman–Crippen LogP) is 2.54. The first-order valence-electron chi connectivity index (χ1n) is 40.2. The van der Waals surface area contributed by atoms with Crippen LogP contribution in [0.25, 0.3) is 10.8 Å². The van der Waals surface area contributed by atoms with Gasteiger partial charge in [-0.05, 0) is 152 Å². The lowest BCUT2D eigenvalue weighted by atomic mass is 9.99. The SMILES string of the molecule is CC(C)C[C@H](NC(=O)[C@@H](Cc1ccc(NC(=O)C2CCCN2)cc1)NC(=O)[C@H](Cc1ccc(CN2CCOCC2)cc1)NC(=O)[C@H](CO)NC(=O)[C@@H](Cc1cccnc1)NC(=O)[C@@H](Cc1ccc(Cl)cc1)NC(=O)[C@@H](Cc1ccc2ccccc2c1)NC(N)=O)C(=O)N[C@@H](CCCCNC(C)C)C(=O)N1CCC[C@H]1C(=O)N[C@H](C)C(N)=O. The summed E-state index contributed by atoms with van der Waals surface area (Å²) in [4.78, 5) is 180. The molecule has 0 bridgehead atoms. The van der Waals surface area contributed by atoms with Crippen molar-refractivity contribution in [3.8, 4) is 0 Å². The van der Waals surface area contributed by atoms with Gasteiger partial charge in [0.25, 0.3) is 0 Å². The predicted molar refractivity (Wildman–Crippen MR) is 442 cm³/mol. The highest BCUT2D eigenvalue weighted by Gasteiger charge is 2.41. The number of primary amides is 2. The van der Waals surface area contributed by atoms with Crippen LogP contribution in [0, 0.1) is 5.92 Å². The monoisotopic (exact) mass is 1630 g/mol. The van der Waals surface area contributed by atoms with Gasteiger partial charge in [-0.3, -0.25) is 62.6 Å². The number of aliphatic hydroxyl groups excluding tert-OH is 1. The van der Waals surface area contributed by atoms with Gasteiger partial charge in [0.1, 0.15) is 60.4 Å². The smallest absolute Gasteiger partial charge is 0.312 e. The number of nitrogens with two attached hydrogens (primary N) is 2. The van der Waals surface area contributed by atoms with E-state index in [2.05, 4.69) is 73.7 Å². The minimum Gasteiger partial charge on any atom is -0.394 e. The summed E-state index contributed by atoms with van der Waals surface area (Å²) in [6.07, 6.45) is 5.52. The highest BCUT2D eigenvalue weighted by atomic mass is 35.5. The number of unbranched alkanes of at least 4 members (excludes halogenated alkanes) is 1. The first kappa shape index (κ1) is 90.0. The number of carbonyl (C=O) groups excluding carboxylic acids is 12. The number of aromatic nitrogens is 1. The van der Waals surface area contributed by atoms with Crippen LogP contribution in [0.5, 0.6) is 0 Å². The third-order valence-corrected chi connectivity index (χ3v) is 21.1. The third-order valence-electron chi connectivity index (χ3n) is 20.8. The van der Waals surface area contributed by atoms with Crippen LogP contribution in [-0.4, -0.2) is 216 Å². The minimum atomic E-state index is -1.83. The number of urea groups is 1. The van der Waals surface area contributed by atoms with Crippen molar-refractivity contribution in [3.05, 3.63) is 178 Å². The molecule has 5 aromatic carbocycles. The molecule has 628 valence electrons. The molecule has 4 heterocycles. The van der Waals surface area contributed by atoms with E-state index in [9.17, 15) is 33.9 Å². The number of halogens is 1. The standard InChI is InChI=1S/C85H112ClN17O14/c1-51(2)41-66(76(107)94-65(16-8-9-34-90-52(3)4)84(115)103-36-12-18-73(103)83(114)92-53(5)74(87)105)95-77(108)68(45-56-26-31-63(32-27-56)93-75(106)64-17-11-35-91-64)96-79(110)69(43-54-19-21-57(22-20-54)49-102-37-39-117-40-38-102)99-82(113)72(50-104)100-80(111)70(47-59-13-10-33-89-48-59)98-78(109)67(44-55-24-29-62(86)30-25-55)97-81(112)71(101-85(88)116)46-58-23-28-60-14-6-7-15-61(60)42-58/h6-7,10,13-15,19-33,42,48,51-53,64-73,90-91,104H,8-9,11-12,16-18,34-41,43-47,49-50H2,1-5H3,(H2,87,105)(H,92,114)(H,93,106)(H,94,107)(H,95,108)(H,96,110)(H,97,112)(H,98,109)(H,99,113)(H,100,111)(H3,88,101,116)/t53-,64?,65+,66+,67-,68-,69+,70-,71-,72+,73+/m1/s1. The summed E-state index contributed by atoms with van der Waals surface area (Å²) in [5.41, 5.74) is 15.2. The number of benzene rings is 5. The van der Waals surface area contributed by atoms with Crippen molar-refractivity contribution in [1.29, 1.82) is 0 Å². The van der Waals surface area contributed by atoms with Gasteiger partial charge in [-0.15, -0.1) is 0 Å². The second-order valence-electron chi connectivity index (χ2n) is 31.0. The van der Waals surface area contributed by atoms with E-state index < -0.39 is 138 Å². The molecule has 17 N–H and O–H groups in total. The summed E-state index contributed by atoms with van der Waals surface area (Å²) in [6, 6.07) is 21.8. The van der Waals surface area contributed by atoms with E-state index >= 15 is 28.8 Å². The average Bonchev–Trinajstić information content (AvgIpc) is 1.81. The number of hydrogen-bond acceptors (Lipinski definition) is 18. The van der Waals surface area contributed by atoms with Gasteiger partial charge < -0.3 is 90.0 Å². The molecular formula is C85H112ClN17O14. The first-order valence-corrected chi connectivity index (χ1v) is 40.6. The summed E-state index contributed by atoms with van der Waals surface area (Å²) in [7, 11) is 0. The fourth-order valence-electron chi connectivity index (χ4n) is 14.4. The molecule has 31 nitrogen and oxygen atoms in total. The third kappa shape index (κ3) is 28.4. The number of rotatable bonds is 42. The molecule has 0 saturated carbocycles.